The van der Waals surface area contributed by atoms with Crippen molar-refractivity contribution in [1.82, 2.24) is 9.88 Å². The summed E-state index contributed by atoms with van der Waals surface area (Å²) in [6.45, 7) is 6.14. The smallest absolute Gasteiger partial charge is 0.322 e. The molecule has 0 atom stereocenters. The molecule has 2 amide bonds. The van der Waals surface area contributed by atoms with Gasteiger partial charge in [-0.25, -0.2) is 4.79 Å². The monoisotopic (exact) mass is 285 g/mol. The number of urea groups is 1. The van der Waals surface area contributed by atoms with Gasteiger partial charge < -0.3 is 15.3 Å². The molecule has 1 heterocycles. The number of aliphatic hydroxyl groups excluding tert-OH is 1. The average Bonchev–Trinajstić information content (AvgIpc) is 2.46. The SMILES string of the molecule is C=CCN(CCO)C(=O)Nc1cc(C)cc2cccnc12. The predicted octanol–water partition coefficient (Wildman–Crippen LogP) is 2.56. The van der Waals surface area contributed by atoms with Crippen molar-refractivity contribution in [2.75, 3.05) is 25.0 Å². The summed E-state index contributed by atoms with van der Waals surface area (Å²) in [6, 6.07) is 7.45. The van der Waals surface area contributed by atoms with Crippen LogP contribution in [0.3, 0.4) is 0 Å². The van der Waals surface area contributed by atoms with Crippen LogP contribution in [0.1, 0.15) is 5.56 Å². The first-order chi connectivity index (χ1) is 10.2. The van der Waals surface area contributed by atoms with Gasteiger partial charge in [0, 0.05) is 24.7 Å². The number of nitrogens with zero attached hydrogens (tertiary/aromatic N) is 2. The van der Waals surface area contributed by atoms with E-state index in [1.165, 1.54) is 4.90 Å². The molecular formula is C16H19N3O2. The van der Waals surface area contributed by atoms with Crippen molar-refractivity contribution in [2.45, 2.75) is 6.92 Å². The lowest BCUT2D eigenvalue weighted by Gasteiger charge is -2.21. The number of fused-ring (bicyclic) bond motifs is 1. The molecule has 0 saturated heterocycles. The molecule has 0 aliphatic carbocycles. The summed E-state index contributed by atoms with van der Waals surface area (Å²) in [5, 5.41) is 12.9. The second-order valence-electron chi connectivity index (χ2n) is 4.78. The Morgan fingerprint density at radius 2 is 2.33 bits per heavy atom. The minimum atomic E-state index is -0.276. The van der Waals surface area contributed by atoms with Gasteiger partial charge in [-0.1, -0.05) is 12.1 Å². The third kappa shape index (κ3) is 3.58. The molecule has 21 heavy (non-hydrogen) atoms. The van der Waals surface area contributed by atoms with Crippen LogP contribution in [0.25, 0.3) is 10.9 Å². The second kappa shape index (κ2) is 6.85. The molecule has 5 nitrogen and oxygen atoms in total. The molecule has 0 fully saturated rings. The molecule has 5 heteroatoms. The topological polar surface area (TPSA) is 65.5 Å². The summed E-state index contributed by atoms with van der Waals surface area (Å²) in [4.78, 5) is 18.1. The van der Waals surface area contributed by atoms with Crippen LogP contribution in [0.15, 0.2) is 43.1 Å². The number of amides is 2. The molecule has 2 rings (SSSR count). The van der Waals surface area contributed by atoms with Crippen molar-refractivity contribution >= 4 is 22.6 Å². The summed E-state index contributed by atoms with van der Waals surface area (Å²) in [6.07, 6.45) is 3.32. The van der Waals surface area contributed by atoms with Gasteiger partial charge in [0.15, 0.2) is 0 Å². The van der Waals surface area contributed by atoms with E-state index in [9.17, 15) is 4.79 Å². The molecule has 0 unspecified atom stereocenters. The fourth-order valence-electron chi connectivity index (χ4n) is 2.18. The van der Waals surface area contributed by atoms with E-state index in [4.69, 9.17) is 5.11 Å². The van der Waals surface area contributed by atoms with Crippen molar-refractivity contribution < 1.29 is 9.90 Å². The largest absolute Gasteiger partial charge is 0.395 e. The molecule has 0 bridgehead atoms. The Labute approximate surface area is 123 Å². The standard InChI is InChI=1S/C16H19N3O2/c1-3-7-19(8-9-20)16(21)18-14-11-12(2)10-13-5-4-6-17-15(13)14/h3-6,10-11,20H,1,7-9H2,2H3,(H,18,21). The summed E-state index contributed by atoms with van der Waals surface area (Å²) in [5.74, 6) is 0. The number of benzene rings is 1. The normalized spacial score (nSPS) is 10.4. The number of carbonyl (C=O) groups excluding carboxylic acids is 1. The number of pyridine rings is 1. The van der Waals surface area contributed by atoms with Crippen molar-refractivity contribution in [2.24, 2.45) is 0 Å². The van der Waals surface area contributed by atoms with Gasteiger partial charge in [0.05, 0.1) is 17.8 Å². The summed E-state index contributed by atoms with van der Waals surface area (Å²) < 4.78 is 0. The van der Waals surface area contributed by atoms with E-state index in [1.807, 2.05) is 31.2 Å². The third-order valence-electron chi connectivity index (χ3n) is 3.10. The Balaban J connectivity index is 2.30. The first-order valence-corrected chi connectivity index (χ1v) is 6.78. The number of carbonyl (C=O) groups is 1. The van der Waals surface area contributed by atoms with Gasteiger partial charge in [0.2, 0.25) is 0 Å². The van der Waals surface area contributed by atoms with E-state index in [0.717, 1.165) is 16.5 Å². The third-order valence-corrected chi connectivity index (χ3v) is 3.10. The zero-order chi connectivity index (χ0) is 15.2. The number of aliphatic hydroxyl groups is 1. The Morgan fingerprint density at radius 3 is 3.05 bits per heavy atom. The van der Waals surface area contributed by atoms with Crippen LogP contribution in [-0.2, 0) is 0 Å². The van der Waals surface area contributed by atoms with E-state index in [-0.39, 0.29) is 19.2 Å². The van der Waals surface area contributed by atoms with Crippen LogP contribution in [-0.4, -0.2) is 40.7 Å². The Hall–Kier alpha value is -2.40. The van der Waals surface area contributed by atoms with Crippen molar-refractivity contribution in [3.63, 3.8) is 0 Å². The Morgan fingerprint density at radius 1 is 1.52 bits per heavy atom. The van der Waals surface area contributed by atoms with Gasteiger partial charge >= 0.3 is 6.03 Å². The van der Waals surface area contributed by atoms with Crippen LogP contribution < -0.4 is 5.32 Å². The van der Waals surface area contributed by atoms with E-state index < -0.39 is 0 Å². The highest BCUT2D eigenvalue weighted by Crippen LogP contribution is 2.23. The van der Waals surface area contributed by atoms with Crippen molar-refractivity contribution in [1.29, 1.82) is 0 Å². The molecule has 0 aliphatic rings. The number of nitrogens with one attached hydrogen (secondary N) is 1. The number of aromatic nitrogens is 1. The first kappa shape index (κ1) is 15.0. The number of hydrogen-bond acceptors (Lipinski definition) is 3. The second-order valence-corrected chi connectivity index (χ2v) is 4.78. The molecule has 2 aromatic rings. The lowest BCUT2D eigenvalue weighted by Crippen LogP contribution is -2.37. The van der Waals surface area contributed by atoms with Gasteiger partial charge in [-0.2, -0.15) is 0 Å². The number of hydrogen-bond donors (Lipinski definition) is 2. The van der Waals surface area contributed by atoms with Crippen LogP contribution in [0.5, 0.6) is 0 Å². The number of anilines is 1. The lowest BCUT2D eigenvalue weighted by molar-refractivity contribution is 0.195. The quantitative estimate of drug-likeness (QED) is 0.830. The van der Waals surface area contributed by atoms with E-state index in [1.54, 1.807) is 12.3 Å². The minimum absolute atomic E-state index is 0.0892. The maximum atomic E-state index is 12.3. The molecular weight excluding hydrogens is 266 g/mol. The summed E-state index contributed by atoms with van der Waals surface area (Å²) in [7, 11) is 0. The van der Waals surface area contributed by atoms with Gasteiger partial charge in [-0.15, -0.1) is 6.58 Å². The highest BCUT2D eigenvalue weighted by Gasteiger charge is 2.13. The molecule has 110 valence electrons. The molecule has 0 aliphatic heterocycles. The van der Waals surface area contributed by atoms with Crippen molar-refractivity contribution in [3.8, 4) is 0 Å². The Bertz CT molecular complexity index is 655. The molecule has 0 spiro atoms. The zero-order valence-electron chi connectivity index (χ0n) is 12.0. The minimum Gasteiger partial charge on any atom is -0.395 e. The van der Waals surface area contributed by atoms with E-state index in [0.29, 0.717) is 12.2 Å². The molecule has 0 saturated carbocycles. The van der Waals surface area contributed by atoms with Crippen LogP contribution >= 0.6 is 0 Å². The molecule has 1 aromatic heterocycles. The van der Waals surface area contributed by atoms with E-state index in [2.05, 4.69) is 16.9 Å². The fraction of sp³-hybridized carbons (Fsp3) is 0.250. The van der Waals surface area contributed by atoms with Gasteiger partial charge in [-0.05, 0) is 30.7 Å². The van der Waals surface area contributed by atoms with Gasteiger partial charge in [-0.3, -0.25) is 4.98 Å². The van der Waals surface area contributed by atoms with Crippen LogP contribution in [0.2, 0.25) is 0 Å². The van der Waals surface area contributed by atoms with Crippen LogP contribution in [0.4, 0.5) is 10.5 Å². The Kier molecular flexibility index (Phi) is 4.90. The fourth-order valence-corrected chi connectivity index (χ4v) is 2.18. The van der Waals surface area contributed by atoms with Crippen molar-refractivity contribution in [3.05, 3.63) is 48.7 Å². The predicted molar refractivity (Wildman–Crippen MR) is 84.4 cm³/mol. The summed E-state index contributed by atoms with van der Waals surface area (Å²) in [5.41, 5.74) is 2.46. The zero-order valence-corrected chi connectivity index (χ0v) is 12.0. The average molecular weight is 285 g/mol. The molecule has 2 N–H and O–H groups in total. The maximum absolute atomic E-state index is 12.3. The lowest BCUT2D eigenvalue weighted by atomic mass is 10.1. The van der Waals surface area contributed by atoms with Gasteiger partial charge in [0.25, 0.3) is 0 Å². The van der Waals surface area contributed by atoms with Crippen LogP contribution in [0, 0.1) is 6.92 Å². The number of rotatable bonds is 5. The summed E-state index contributed by atoms with van der Waals surface area (Å²) >= 11 is 0. The first-order valence-electron chi connectivity index (χ1n) is 6.78. The molecule has 0 radical (unpaired) electrons. The number of aryl methyl sites for hydroxylation is 1. The highest BCUT2D eigenvalue weighted by atomic mass is 16.3. The highest BCUT2D eigenvalue weighted by molar-refractivity contribution is 6.00. The maximum Gasteiger partial charge on any atom is 0.322 e. The molecule has 1 aromatic carbocycles. The van der Waals surface area contributed by atoms with E-state index >= 15 is 0 Å². The van der Waals surface area contributed by atoms with Gasteiger partial charge in [0.1, 0.15) is 0 Å².